The topological polar surface area (TPSA) is 45.2 Å². The molecule has 1 saturated carbocycles. The maximum Gasteiger partial charge on any atom is 0.270 e. The van der Waals surface area contributed by atoms with Gasteiger partial charge in [-0.2, -0.15) is 0 Å². The second-order valence-electron chi connectivity index (χ2n) is 6.20. The van der Waals surface area contributed by atoms with E-state index in [1.807, 2.05) is 37.4 Å². The van der Waals surface area contributed by atoms with E-state index in [1.165, 1.54) is 18.4 Å². The summed E-state index contributed by atoms with van der Waals surface area (Å²) >= 11 is 0. The van der Waals surface area contributed by atoms with Crippen LogP contribution in [0.2, 0.25) is 0 Å². The molecule has 23 heavy (non-hydrogen) atoms. The molecule has 0 aliphatic heterocycles. The average Bonchev–Trinajstić information content (AvgIpc) is 3.09. The Labute approximate surface area is 137 Å². The Balaban J connectivity index is 1.67. The van der Waals surface area contributed by atoms with Crippen molar-refractivity contribution in [2.75, 3.05) is 11.9 Å². The Hall–Kier alpha value is -2.36. The van der Waals surface area contributed by atoms with Gasteiger partial charge in [0.2, 0.25) is 0 Å². The highest BCUT2D eigenvalue weighted by atomic mass is 16.1. The molecule has 1 aliphatic rings. The van der Waals surface area contributed by atoms with Crippen molar-refractivity contribution < 1.29 is 4.79 Å². The molecule has 3 rings (SSSR count). The molecule has 4 nitrogen and oxygen atoms in total. The number of hydrogen-bond donors (Lipinski definition) is 1. The number of anilines is 1. The van der Waals surface area contributed by atoms with Crippen LogP contribution in [-0.4, -0.2) is 24.0 Å². The zero-order valence-electron chi connectivity index (χ0n) is 13.5. The fourth-order valence-electron chi connectivity index (χ4n) is 3.06. The number of carbonyl (C=O) groups excluding carboxylic acids is 1. The summed E-state index contributed by atoms with van der Waals surface area (Å²) in [6.45, 7) is 0.800. The van der Waals surface area contributed by atoms with Gasteiger partial charge < -0.3 is 10.2 Å². The molecule has 120 valence electrons. The van der Waals surface area contributed by atoms with Crippen LogP contribution >= 0.6 is 0 Å². The van der Waals surface area contributed by atoms with Gasteiger partial charge in [-0.3, -0.25) is 9.78 Å². The minimum Gasteiger partial charge on any atom is -0.370 e. The van der Waals surface area contributed by atoms with Crippen LogP contribution in [0.4, 0.5) is 5.69 Å². The first-order chi connectivity index (χ1) is 11.2. The van der Waals surface area contributed by atoms with Gasteiger partial charge in [-0.15, -0.1) is 0 Å². The summed E-state index contributed by atoms with van der Waals surface area (Å²) in [5.74, 6) is -0.0631. The van der Waals surface area contributed by atoms with E-state index in [0.717, 1.165) is 25.1 Å². The molecule has 1 heterocycles. The molecule has 1 fully saturated rings. The molecule has 4 heteroatoms. The van der Waals surface area contributed by atoms with Gasteiger partial charge in [-0.25, -0.2) is 0 Å². The number of carbonyl (C=O) groups is 1. The van der Waals surface area contributed by atoms with Crippen molar-refractivity contribution in [2.45, 2.75) is 38.3 Å². The Kier molecular flexibility index (Phi) is 4.91. The molecular weight excluding hydrogens is 286 g/mol. The van der Waals surface area contributed by atoms with Gasteiger partial charge in [-0.05, 0) is 30.5 Å². The quantitative estimate of drug-likeness (QED) is 0.921. The normalized spacial score (nSPS) is 14.7. The molecule has 1 amide bonds. The second-order valence-corrected chi connectivity index (χ2v) is 6.20. The highest BCUT2D eigenvalue weighted by Crippen LogP contribution is 2.19. The van der Waals surface area contributed by atoms with E-state index < -0.39 is 0 Å². The predicted molar refractivity (Wildman–Crippen MR) is 92.5 cm³/mol. The lowest BCUT2D eigenvalue weighted by Gasteiger charge is -2.20. The van der Waals surface area contributed by atoms with Gasteiger partial charge in [0.1, 0.15) is 5.69 Å². The van der Waals surface area contributed by atoms with Gasteiger partial charge in [0.25, 0.3) is 5.91 Å². The van der Waals surface area contributed by atoms with Crippen molar-refractivity contribution in [3.05, 3.63) is 59.9 Å². The molecule has 1 aromatic carbocycles. The van der Waals surface area contributed by atoms with Gasteiger partial charge in [-0.1, -0.05) is 43.2 Å². The Morgan fingerprint density at radius 2 is 1.96 bits per heavy atom. The summed E-state index contributed by atoms with van der Waals surface area (Å²) in [5, 5.41) is 3.09. The van der Waals surface area contributed by atoms with E-state index in [-0.39, 0.29) is 5.91 Å². The number of benzene rings is 1. The number of nitrogens with zero attached hydrogens (tertiary/aromatic N) is 2. The number of pyridine rings is 1. The molecule has 1 aliphatic carbocycles. The van der Waals surface area contributed by atoms with Crippen LogP contribution in [0.3, 0.4) is 0 Å². The van der Waals surface area contributed by atoms with E-state index >= 15 is 0 Å². The fraction of sp³-hybridized carbons (Fsp3) is 0.368. The Bertz CT molecular complexity index is 651. The van der Waals surface area contributed by atoms with Crippen LogP contribution in [0.1, 0.15) is 41.7 Å². The van der Waals surface area contributed by atoms with Crippen molar-refractivity contribution in [3.63, 3.8) is 0 Å². The molecule has 0 unspecified atom stereocenters. The van der Waals surface area contributed by atoms with Crippen LogP contribution in [-0.2, 0) is 6.54 Å². The summed E-state index contributed by atoms with van der Waals surface area (Å²) in [7, 11) is 2.03. The molecule has 2 aromatic rings. The first-order valence-electron chi connectivity index (χ1n) is 8.24. The van der Waals surface area contributed by atoms with Crippen LogP contribution in [0.15, 0.2) is 48.7 Å². The van der Waals surface area contributed by atoms with Crippen molar-refractivity contribution in [1.82, 2.24) is 10.3 Å². The van der Waals surface area contributed by atoms with Crippen LogP contribution in [0.25, 0.3) is 0 Å². The molecule has 0 atom stereocenters. The number of aromatic nitrogens is 1. The SMILES string of the molecule is CN(Cc1ccccc1)c1ccnc(C(=O)NC2CCCC2)c1. The van der Waals surface area contributed by atoms with Gasteiger partial charge in [0.05, 0.1) is 0 Å². The molecule has 1 N–H and O–H groups in total. The molecule has 1 aromatic heterocycles. The predicted octanol–water partition coefficient (Wildman–Crippen LogP) is 3.39. The third-order valence-corrected chi connectivity index (χ3v) is 4.37. The first kappa shape index (κ1) is 15.5. The van der Waals surface area contributed by atoms with E-state index in [9.17, 15) is 4.79 Å². The third-order valence-electron chi connectivity index (χ3n) is 4.37. The molecular formula is C19H23N3O. The number of amides is 1. The summed E-state index contributed by atoms with van der Waals surface area (Å²) < 4.78 is 0. The highest BCUT2D eigenvalue weighted by Gasteiger charge is 2.19. The average molecular weight is 309 g/mol. The Morgan fingerprint density at radius 1 is 1.22 bits per heavy atom. The van der Waals surface area contributed by atoms with Gasteiger partial charge in [0, 0.05) is 31.5 Å². The maximum atomic E-state index is 12.3. The van der Waals surface area contributed by atoms with Crippen molar-refractivity contribution in [1.29, 1.82) is 0 Å². The summed E-state index contributed by atoms with van der Waals surface area (Å²) in [6, 6.07) is 14.4. The largest absolute Gasteiger partial charge is 0.370 e. The van der Waals surface area contributed by atoms with Crippen molar-refractivity contribution in [3.8, 4) is 0 Å². The monoisotopic (exact) mass is 309 g/mol. The summed E-state index contributed by atoms with van der Waals surface area (Å²) in [4.78, 5) is 18.7. The zero-order chi connectivity index (χ0) is 16.1. The van der Waals surface area contributed by atoms with Gasteiger partial charge in [0.15, 0.2) is 0 Å². The van der Waals surface area contributed by atoms with E-state index in [1.54, 1.807) is 6.20 Å². The van der Waals surface area contributed by atoms with E-state index in [4.69, 9.17) is 0 Å². The van der Waals surface area contributed by atoms with E-state index in [2.05, 4.69) is 27.3 Å². The lowest BCUT2D eigenvalue weighted by atomic mass is 10.2. The van der Waals surface area contributed by atoms with Crippen LogP contribution < -0.4 is 10.2 Å². The van der Waals surface area contributed by atoms with E-state index in [0.29, 0.717) is 11.7 Å². The Morgan fingerprint density at radius 3 is 2.70 bits per heavy atom. The third kappa shape index (κ3) is 4.09. The van der Waals surface area contributed by atoms with Crippen LogP contribution in [0, 0.1) is 0 Å². The standard InChI is InChI=1S/C19H23N3O/c1-22(14-15-7-3-2-4-8-15)17-11-12-20-18(13-17)19(23)21-16-9-5-6-10-16/h2-4,7-8,11-13,16H,5-6,9-10,14H2,1H3,(H,21,23). The molecule has 0 spiro atoms. The smallest absolute Gasteiger partial charge is 0.270 e. The van der Waals surface area contributed by atoms with Gasteiger partial charge >= 0.3 is 0 Å². The second kappa shape index (κ2) is 7.27. The highest BCUT2D eigenvalue weighted by molar-refractivity contribution is 5.93. The minimum atomic E-state index is -0.0631. The number of hydrogen-bond acceptors (Lipinski definition) is 3. The van der Waals surface area contributed by atoms with Crippen molar-refractivity contribution >= 4 is 11.6 Å². The maximum absolute atomic E-state index is 12.3. The molecule has 0 bridgehead atoms. The zero-order valence-corrected chi connectivity index (χ0v) is 13.5. The molecule has 0 radical (unpaired) electrons. The lowest BCUT2D eigenvalue weighted by Crippen LogP contribution is -2.33. The number of nitrogens with one attached hydrogen (secondary N) is 1. The van der Waals surface area contributed by atoms with Crippen molar-refractivity contribution in [2.24, 2.45) is 0 Å². The summed E-state index contributed by atoms with van der Waals surface area (Å²) in [5.41, 5.74) is 2.73. The number of rotatable bonds is 5. The molecule has 0 saturated heterocycles. The minimum absolute atomic E-state index is 0.0631. The fourth-order valence-corrected chi connectivity index (χ4v) is 3.06. The first-order valence-corrected chi connectivity index (χ1v) is 8.24. The summed E-state index contributed by atoms with van der Waals surface area (Å²) in [6.07, 6.45) is 6.29. The lowest BCUT2D eigenvalue weighted by molar-refractivity contribution is 0.0933. The van der Waals surface area contributed by atoms with Crippen LogP contribution in [0.5, 0.6) is 0 Å².